The van der Waals surface area contributed by atoms with E-state index in [1.165, 1.54) is 13.2 Å². The SMILES string of the molecule is COc1c(-c2cc(C(=O)O)no2)ccc2c1OCCCO2. The van der Waals surface area contributed by atoms with Crippen molar-refractivity contribution in [1.82, 2.24) is 5.16 Å². The van der Waals surface area contributed by atoms with Gasteiger partial charge in [0, 0.05) is 12.5 Å². The Kier molecular flexibility index (Phi) is 3.39. The molecule has 0 radical (unpaired) electrons. The largest absolute Gasteiger partial charge is 0.492 e. The van der Waals surface area contributed by atoms with E-state index in [4.69, 9.17) is 23.8 Å². The van der Waals surface area contributed by atoms with Gasteiger partial charge in [-0.05, 0) is 12.1 Å². The minimum absolute atomic E-state index is 0.167. The molecule has 21 heavy (non-hydrogen) atoms. The van der Waals surface area contributed by atoms with Crippen LogP contribution in [0.2, 0.25) is 0 Å². The molecule has 0 bridgehead atoms. The van der Waals surface area contributed by atoms with Crippen LogP contribution >= 0.6 is 0 Å². The maximum absolute atomic E-state index is 10.9. The summed E-state index contributed by atoms with van der Waals surface area (Å²) >= 11 is 0. The molecule has 7 heteroatoms. The number of carbonyl (C=O) groups is 1. The molecule has 0 saturated carbocycles. The lowest BCUT2D eigenvalue weighted by atomic mass is 10.1. The molecule has 7 nitrogen and oxygen atoms in total. The maximum atomic E-state index is 10.9. The van der Waals surface area contributed by atoms with E-state index in [0.29, 0.717) is 41.8 Å². The highest BCUT2D eigenvalue weighted by Crippen LogP contribution is 2.45. The molecule has 3 rings (SSSR count). The summed E-state index contributed by atoms with van der Waals surface area (Å²) in [5.74, 6) is 0.646. The van der Waals surface area contributed by atoms with Crippen LogP contribution in [0.4, 0.5) is 0 Å². The van der Waals surface area contributed by atoms with Crippen molar-refractivity contribution >= 4 is 5.97 Å². The zero-order valence-electron chi connectivity index (χ0n) is 11.3. The van der Waals surface area contributed by atoms with Gasteiger partial charge in [0.25, 0.3) is 0 Å². The van der Waals surface area contributed by atoms with Crippen molar-refractivity contribution in [2.24, 2.45) is 0 Å². The minimum atomic E-state index is -1.15. The van der Waals surface area contributed by atoms with Crippen LogP contribution in [0, 0.1) is 0 Å². The topological polar surface area (TPSA) is 91.0 Å². The van der Waals surface area contributed by atoms with Crippen LogP contribution in [0.15, 0.2) is 22.7 Å². The van der Waals surface area contributed by atoms with Crippen molar-refractivity contribution in [2.45, 2.75) is 6.42 Å². The summed E-state index contributed by atoms with van der Waals surface area (Å²) < 4.78 is 21.7. The highest BCUT2D eigenvalue weighted by Gasteiger charge is 2.23. The van der Waals surface area contributed by atoms with E-state index in [9.17, 15) is 4.79 Å². The van der Waals surface area contributed by atoms with Gasteiger partial charge in [-0.25, -0.2) is 4.79 Å². The van der Waals surface area contributed by atoms with Crippen LogP contribution in [0.1, 0.15) is 16.9 Å². The first-order valence-electron chi connectivity index (χ1n) is 6.37. The van der Waals surface area contributed by atoms with E-state index in [1.54, 1.807) is 12.1 Å². The van der Waals surface area contributed by atoms with Gasteiger partial charge in [0.2, 0.25) is 5.75 Å². The fraction of sp³-hybridized carbons (Fsp3) is 0.286. The second kappa shape index (κ2) is 5.35. The van der Waals surface area contributed by atoms with Gasteiger partial charge in [0.05, 0.1) is 25.9 Å². The Morgan fingerprint density at radius 1 is 1.33 bits per heavy atom. The first kappa shape index (κ1) is 13.3. The molecule has 0 spiro atoms. The van der Waals surface area contributed by atoms with E-state index >= 15 is 0 Å². The lowest BCUT2D eigenvalue weighted by molar-refractivity contribution is 0.0686. The van der Waals surface area contributed by atoms with Crippen LogP contribution in [-0.2, 0) is 0 Å². The standard InChI is InChI=1S/C14H13NO6/c1-18-12-8(11-7-9(14(16)17)15-21-11)3-4-10-13(12)20-6-2-5-19-10/h3-4,7H,2,5-6H2,1H3,(H,16,17). The first-order chi connectivity index (χ1) is 10.2. The monoisotopic (exact) mass is 291 g/mol. The fourth-order valence-corrected chi connectivity index (χ4v) is 2.11. The molecule has 2 aromatic rings. The number of aromatic nitrogens is 1. The number of rotatable bonds is 3. The lowest BCUT2D eigenvalue weighted by Crippen LogP contribution is -1.98. The summed E-state index contributed by atoms with van der Waals surface area (Å²) in [6, 6.07) is 4.80. The predicted molar refractivity (Wildman–Crippen MR) is 71.1 cm³/mol. The number of hydrogen-bond donors (Lipinski definition) is 1. The van der Waals surface area contributed by atoms with Crippen molar-refractivity contribution in [1.29, 1.82) is 0 Å². The average Bonchev–Trinajstić information content (AvgIpc) is 2.85. The van der Waals surface area contributed by atoms with E-state index in [2.05, 4.69) is 5.16 Å². The highest BCUT2D eigenvalue weighted by molar-refractivity contribution is 5.87. The van der Waals surface area contributed by atoms with Crippen molar-refractivity contribution in [3.63, 3.8) is 0 Å². The van der Waals surface area contributed by atoms with Crippen molar-refractivity contribution in [3.8, 4) is 28.6 Å². The molecule has 0 amide bonds. The normalized spacial score (nSPS) is 13.6. The molecule has 0 fully saturated rings. The van der Waals surface area contributed by atoms with Crippen molar-refractivity contribution < 1.29 is 28.6 Å². The number of benzene rings is 1. The van der Waals surface area contributed by atoms with Gasteiger partial charge in [-0.1, -0.05) is 5.16 Å². The number of carboxylic acid groups (broad SMARTS) is 1. The third-order valence-corrected chi connectivity index (χ3v) is 3.07. The third kappa shape index (κ3) is 2.37. The molecular formula is C14H13NO6. The Labute approximate surface area is 120 Å². The lowest BCUT2D eigenvalue weighted by Gasteiger charge is -2.14. The van der Waals surface area contributed by atoms with Gasteiger partial charge in [0.15, 0.2) is 23.0 Å². The predicted octanol–water partition coefficient (Wildman–Crippen LogP) is 2.21. The molecule has 0 unspecified atom stereocenters. The van der Waals surface area contributed by atoms with Gasteiger partial charge in [0.1, 0.15) is 0 Å². The summed E-state index contributed by atoms with van der Waals surface area (Å²) in [5, 5.41) is 12.4. The first-order valence-corrected chi connectivity index (χ1v) is 6.37. The minimum Gasteiger partial charge on any atom is -0.492 e. The number of nitrogens with zero attached hydrogens (tertiary/aromatic N) is 1. The van der Waals surface area contributed by atoms with Gasteiger partial charge < -0.3 is 23.8 Å². The molecule has 1 aliphatic rings. The van der Waals surface area contributed by atoms with E-state index in [-0.39, 0.29) is 5.69 Å². The smallest absolute Gasteiger partial charge is 0.358 e. The Morgan fingerprint density at radius 2 is 2.14 bits per heavy atom. The summed E-state index contributed by atoms with van der Waals surface area (Å²) in [4.78, 5) is 10.9. The molecule has 2 heterocycles. The summed E-state index contributed by atoms with van der Waals surface area (Å²) in [7, 11) is 1.50. The van der Waals surface area contributed by atoms with E-state index < -0.39 is 5.97 Å². The van der Waals surface area contributed by atoms with E-state index in [0.717, 1.165) is 6.42 Å². The molecule has 1 aliphatic heterocycles. The second-order valence-corrected chi connectivity index (χ2v) is 4.41. The van der Waals surface area contributed by atoms with Gasteiger partial charge in [-0.2, -0.15) is 0 Å². The van der Waals surface area contributed by atoms with E-state index in [1.807, 2.05) is 0 Å². The average molecular weight is 291 g/mol. The quantitative estimate of drug-likeness (QED) is 0.926. The zero-order valence-corrected chi connectivity index (χ0v) is 11.3. The molecule has 1 aromatic carbocycles. The highest BCUT2D eigenvalue weighted by atomic mass is 16.5. The molecule has 0 atom stereocenters. The second-order valence-electron chi connectivity index (χ2n) is 4.41. The number of methoxy groups -OCH3 is 1. The van der Waals surface area contributed by atoms with Crippen LogP contribution in [-0.4, -0.2) is 36.6 Å². The number of aromatic carboxylic acids is 1. The molecule has 110 valence electrons. The van der Waals surface area contributed by atoms with Crippen LogP contribution in [0.3, 0.4) is 0 Å². The Bertz CT molecular complexity index is 678. The number of hydrogen-bond acceptors (Lipinski definition) is 6. The fourth-order valence-electron chi connectivity index (χ4n) is 2.11. The Morgan fingerprint density at radius 3 is 2.86 bits per heavy atom. The van der Waals surface area contributed by atoms with Crippen molar-refractivity contribution in [2.75, 3.05) is 20.3 Å². The molecule has 0 saturated heterocycles. The van der Waals surface area contributed by atoms with Gasteiger partial charge >= 0.3 is 5.97 Å². The van der Waals surface area contributed by atoms with Crippen LogP contribution in [0.25, 0.3) is 11.3 Å². The summed E-state index contributed by atoms with van der Waals surface area (Å²) in [6.07, 6.45) is 0.776. The van der Waals surface area contributed by atoms with Gasteiger partial charge in [-0.3, -0.25) is 0 Å². The van der Waals surface area contributed by atoms with Gasteiger partial charge in [-0.15, -0.1) is 0 Å². The van der Waals surface area contributed by atoms with Crippen LogP contribution < -0.4 is 14.2 Å². The molecular weight excluding hydrogens is 278 g/mol. The molecule has 0 aliphatic carbocycles. The van der Waals surface area contributed by atoms with Crippen molar-refractivity contribution in [3.05, 3.63) is 23.9 Å². The Hall–Kier alpha value is -2.70. The molecule has 1 N–H and O–H groups in total. The zero-order chi connectivity index (χ0) is 14.8. The summed E-state index contributed by atoms with van der Waals surface area (Å²) in [5.41, 5.74) is 0.390. The summed E-state index contributed by atoms with van der Waals surface area (Å²) in [6.45, 7) is 1.09. The number of fused-ring (bicyclic) bond motifs is 1. The molecule has 1 aromatic heterocycles. The van der Waals surface area contributed by atoms with Crippen LogP contribution in [0.5, 0.6) is 17.2 Å². The number of carboxylic acids is 1. The Balaban J connectivity index is 2.09. The maximum Gasteiger partial charge on any atom is 0.358 e. The third-order valence-electron chi connectivity index (χ3n) is 3.07. The number of ether oxygens (including phenoxy) is 3.